The van der Waals surface area contributed by atoms with Crippen LogP contribution in [-0.2, 0) is 18.3 Å². The number of imidazole rings is 1. The van der Waals surface area contributed by atoms with Gasteiger partial charge in [0.05, 0.1) is 18.5 Å². The number of anilines is 1. The van der Waals surface area contributed by atoms with Gasteiger partial charge in [0.25, 0.3) is 6.43 Å². The highest BCUT2D eigenvalue weighted by molar-refractivity contribution is 5.30. The SMILES string of the molecule is CN(C)c1ncc(CNCCOCC(F)F)n1C. The molecule has 1 rings (SSSR count). The number of rotatable bonds is 8. The minimum absolute atomic E-state index is 0.280. The Labute approximate surface area is 106 Å². The molecular weight excluding hydrogens is 242 g/mol. The fourth-order valence-corrected chi connectivity index (χ4v) is 1.55. The minimum Gasteiger partial charge on any atom is -0.374 e. The zero-order chi connectivity index (χ0) is 13.5. The van der Waals surface area contributed by atoms with E-state index in [1.165, 1.54) is 0 Å². The quantitative estimate of drug-likeness (QED) is 0.706. The van der Waals surface area contributed by atoms with Crippen molar-refractivity contribution >= 4 is 5.95 Å². The average molecular weight is 262 g/mol. The van der Waals surface area contributed by atoms with E-state index in [9.17, 15) is 8.78 Å². The van der Waals surface area contributed by atoms with Gasteiger partial charge in [-0.1, -0.05) is 0 Å². The molecule has 0 bridgehead atoms. The van der Waals surface area contributed by atoms with Gasteiger partial charge in [-0.15, -0.1) is 0 Å². The number of ether oxygens (including phenoxy) is 1. The molecule has 0 saturated heterocycles. The molecule has 1 aromatic heterocycles. The van der Waals surface area contributed by atoms with Crippen molar-refractivity contribution in [2.45, 2.75) is 13.0 Å². The number of nitrogens with one attached hydrogen (secondary N) is 1. The Morgan fingerprint density at radius 3 is 2.78 bits per heavy atom. The number of alkyl halides is 2. The van der Waals surface area contributed by atoms with Crippen molar-refractivity contribution in [2.75, 3.05) is 38.8 Å². The molecule has 5 nitrogen and oxygen atoms in total. The first-order valence-corrected chi connectivity index (χ1v) is 5.77. The van der Waals surface area contributed by atoms with Crippen LogP contribution in [0.15, 0.2) is 6.20 Å². The molecule has 0 fully saturated rings. The maximum atomic E-state index is 11.8. The van der Waals surface area contributed by atoms with Crippen LogP contribution in [0.2, 0.25) is 0 Å². The maximum Gasteiger partial charge on any atom is 0.261 e. The third-order valence-corrected chi connectivity index (χ3v) is 2.43. The van der Waals surface area contributed by atoms with E-state index >= 15 is 0 Å². The average Bonchev–Trinajstić information content (AvgIpc) is 2.65. The smallest absolute Gasteiger partial charge is 0.261 e. The van der Waals surface area contributed by atoms with E-state index in [4.69, 9.17) is 4.74 Å². The molecule has 0 amide bonds. The Hall–Kier alpha value is -1.21. The van der Waals surface area contributed by atoms with E-state index in [2.05, 4.69) is 10.3 Å². The summed E-state index contributed by atoms with van der Waals surface area (Å²) in [5.41, 5.74) is 1.03. The standard InChI is InChI=1S/C11H20F2N4O/c1-16(2)11-15-7-9(17(11)3)6-14-4-5-18-8-10(12)13/h7,10,14H,4-6,8H2,1-3H3. The van der Waals surface area contributed by atoms with Crippen LogP contribution in [-0.4, -0.2) is 49.8 Å². The molecule has 0 saturated carbocycles. The van der Waals surface area contributed by atoms with Gasteiger partial charge in [0.15, 0.2) is 0 Å². The second kappa shape index (κ2) is 7.27. The van der Waals surface area contributed by atoms with Gasteiger partial charge >= 0.3 is 0 Å². The van der Waals surface area contributed by atoms with E-state index in [1.807, 2.05) is 30.6 Å². The van der Waals surface area contributed by atoms with Crippen LogP contribution in [0, 0.1) is 0 Å². The normalized spacial score (nSPS) is 11.2. The summed E-state index contributed by atoms with van der Waals surface area (Å²) in [6.45, 7) is 0.950. The molecule has 0 unspecified atom stereocenters. The molecular formula is C11H20F2N4O. The van der Waals surface area contributed by atoms with Crippen LogP contribution >= 0.6 is 0 Å². The van der Waals surface area contributed by atoms with Gasteiger partial charge in [0.1, 0.15) is 6.61 Å². The first-order valence-electron chi connectivity index (χ1n) is 5.77. The second-order valence-corrected chi connectivity index (χ2v) is 4.15. The van der Waals surface area contributed by atoms with E-state index in [0.29, 0.717) is 13.1 Å². The molecule has 0 aromatic carbocycles. The summed E-state index contributed by atoms with van der Waals surface area (Å²) in [5, 5.41) is 3.12. The molecule has 0 atom stereocenters. The summed E-state index contributed by atoms with van der Waals surface area (Å²) in [6, 6.07) is 0. The highest BCUT2D eigenvalue weighted by Crippen LogP contribution is 2.10. The Bertz CT molecular complexity index is 355. The fraction of sp³-hybridized carbons (Fsp3) is 0.727. The van der Waals surface area contributed by atoms with Gasteiger partial charge in [-0.05, 0) is 0 Å². The maximum absolute atomic E-state index is 11.8. The van der Waals surface area contributed by atoms with Gasteiger partial charge < -0.3 is 19.5 Å². The number of aromatic nitrogens is 2. The predicted octanol–water partition coefficient (Wildman–Crippen LogP) is 0.857. The van der Waals surface area contributed by atoms with Crippen molar-refractivity contribution in [2.24, 2.45) is 7.05 Å². The van der Waals surface area contributed by atoms with Crippen LogP contribution in [0.4, 0.5) is 14.7 Å². The third kappa shape index (κ3) is 4.58. The summed E-state index contributed by atoms with van der Waals surface area (Å²) < 4.78 is 30.3. The van der Waals surface area contributed by atoms with Gasteiger partial charge in [-0.3, -0.25) is 0 Å². The van der Waals surface area contributed by atoms with Crippen LogP contribution in [0.5, 0.6) is 0 Å². The van der Waals surface area contributed by atoms with Crippen LogP contribution in [0.25, 0.3) is 0 Å². The lowest BCUT2D eigenvalue weighted by molar-refractivity contribution is 0.0187. The van der Waals surface area contributed by atoms with Gasteiger partial charge in [-0.2, -0.15) is 0 Å². The topological polar surface area (TPSA) is 42.3 Å². The van der Waals surface area contributed by atoms with Crippen LogP contribution < -0.4 is 10.2 Å². The largest absolute Gasteiger partial charge is 0.374 e. The number of nitrogens with zero attached hydrogens (tertiary/aromatic N) is 3. The Balaban J connectivity index is 2.23. The van der Waals surface area contributed by atoms with E-state index in [0.717, 1.165) is 11.6 Å². The second-order valence-electron chi connectivity index (χ2n) is 4.15. The molecule has 0 aliphatic heterocycles. The van der Waals surface area contributed by atoms with E-state index in [-0.39, 0.29) is 6.61 Å². The molecule has 1 heterocycles. The Kier molecular flexibility index (Phi) is 6.00. The summed E-state index contributed by atoms with van der Waals surface area (Å²) in [5.74, 6) is 0.876. The Morgan fingerprint density at radius 1 is 1.50 bits per heavy atom. The van der Waals surface area contributed by atoms with Crippen molar-refractivity contribution in [1.82, 2.24) is 14.9 Å². The molecule has 104 valence electrons. The fourth-order valence-electron chi connectivity index (χ4n) is 1.55. The number of hydrogen-bond acceptors (Lipinski definition) is 4. The van der Waals surface area contributed by atoms with Crippen LogP contribution in [0.3, 0.4) is 0 Å². The highest BCUT2D eigenvalue weighted by atomic mass is 19.3. The molecule has 0 spiro atoms. The lowest BCUT2D eigenvalue weighted by atomic mass is 10.4. The number of hydrogen-bond donors (Lipinski definition) is 1. The summed E-state index contributed by atoms with van der Waals surface area (Å²) >= 11 is 0. The summed E-state index contributed by atoms with van der Waals surface area (Å²) in [6.07, 6.45) is -0.604. The van der Waals surface area contributed by atoms with E-state index < -0.39 is 13.0 Å². The monoisotopic (exact) mass is 262 g/mol. The molecule has 0 aliphatic carbocycles. The highest BCUT2D eigenvalue weighted by Gasteiger charge is 2.07. The molecule has 0 aliphatic rings. The van der Waals surface area contributed by atoms with Gasteiger partial charge in [0.2, 0.25) is 5.95 Å². The third-order valence-electron chi connectivity index (χ3n) is 2.43. The molecule has 7 heteroatoms. The molecule has 1 N–H and O–H groups in total. The number of halogens is 2. The predicted molar refractivity (Wildman–Crippen MR) is 66.1 cm³/mol. The van der Waals surface area contributed by atoms with Crippen molar-refractivity contribution in [3.63, 3.8) is 0 Å². The zero-order valence-corrected chi connectivity index (χ0v) is 11.0. The first kappa shape index (κ1) is 14.8. The lowest BCUT2D eigenvalue weighted by Gasteiger charge is -2.12. The van der Waals surface area contributed by atoms with Gasteiger partial charge in [-0.25, -0.2) is 13.8 Å². The minimum atomic E-state index is -2.40. The van der Waals surface area contributed by atoms with Gasteiger partial charge in [0, 0.05) is 34.2 Å². The molecule has 18 heavy (non-hydrogen) atoms. The van der Waals surface area contributed by atoms with Crippen molar-refractivity contribution in [3.8, 4) is 0 Å². The summed E-state index contributed by atoms with van der Waals surface area (Å²) in [7, 11) is 5.79. The lowest BCUT2D eigenvalue weighted by Crippen LogP contribution is -2.22. The summed E-state index contributed by atoms with van der Waals surface area (Å²) in [4.78, 5) is 6.20. The van der Waals surface area contributed by atoms with Crippen molar-refractivity contribution in [3.05, 3.63) is 11.9 Å². The first-order chi connectivity index (χ1) is 8.52. The van der Waals surface area contributed by atoms with E-state index in [1.54, 1.807) is 6.20 Å². The van der Waals surface area contributed by atoms with Crippen LogP contribution in [0.1, 0.15) is 5.69 Å². The van der Waals surface area contributed by atoms with Crippen molar-refractivity contribution in [1.29, 1.82) is 0 Å². The zero-order valence-electron chi connectivity index (χ0n) is 11.0. The molecule has 0 radical (unpaired) electrons. The molecule has 1 aromatic rings. The van der Waals surface area contributed by atoms with Crippen molar-refractivity contribution < 1.29 is 13.5 Å². The Morgan fingerprint density at radius 2 is 2.22 bits per heavy atom.